The Balaban J connectivity index is 0.000000413. The van der Waals surface area contributed by atoms with Crippen LogP contribution in [0.15, 0.2) is 22.7 Å². The van der Waals surface area contributed by atoms with E-state index >= 15 is 0 Å². The van der Waals surface area contributed by atoms with E-state index in [9.17, 15) is 0 Å². The van der Waals surface area contributed by atoms with Crippen molar-refractivity contribution in [2.75, 3.05) is 26.2 Å². The summed E-state index contributed by atoms with van der Waals surface area (Å²) < 4.78 is 6.67. The van der Waals surface area contributed by atoms with Crippen molar-refractivity contribution in [3.63, 3.8) is 0 Å². The standard InChI is InChI=1S/C14H19BrClNO.C2H2O4/c15-13-11-12(16)5-6-14(13)18-10-4-9-17-7-2-1-3-8-17;3-1(4)2(5)6/h5-6,11H,1-4,7-10H2;(H,3,4)(H,5,6). The smallest absolute Gasteiger partial charge is 0.414 e. The third-order valence-electron chi connectivity index (χ3n) is 3.40. The quantitative estimate of drug-likeness (QED) is 0.558. The van der Waals surface area contributed by atoms with Crippen molar-refractivity contribution < 1.29 is 24.5 Å². The second kappa shape index (κ2) is 11.3. The van der Waals surface area contributed by atoms with Gasteiger partial charge in [-0.1, -0.05) is 18.0 Å². The summed E-state index contributed by atoms with van der Waals surface area (Å²) in [6.45, 7) is 4.41. The Morgan fingerprint density at radius 3 is 2.33 bits per heavy atom. The third kappa shape index (κ3) is 8.52. The predicted molar refractivity (Wildman–Crippen MR) is 94.8 cm³/mol. The molecule has 6 nitrogen and oxygen atoms in total. The van der Waals surface area contributed by atoms with E-state index < -0.39 is 11.9 Å². The van der Waals surface area contributed by atoms with Crippen LogP contribution in [-0.4, -0.2) is 53.3 Å². The highest BCUT2D eigenvalue weighted by Crippen LogP contribution is 2.28. The SMILES string of the molecule is Clc1ccc(OCCCN2CCCCC2)c(Br)c1.O=C(O)C(=O)O. The van der Waals surface area contributed by atoms with Gasteiger partial charge in [0.15, 0.2) is 0 Å². The summed E-state index contributed by atoms with van der Waals surface area (Å²) in [6, 6.07) is 5.63. The summed E-state index contributed by atoms with van der Waals surface area (Å²) in [4.78, 5) is 20.7. The minimum Gasteiger partial charge on any atom is -0.492 e. The van der Waals surface area contributed by atoms with Gasteiger partial charge in [-0.2, -0.15) is 0 Å². The van der Waals surface area contributed by atoms with E-state index in [1.54, 1.807) is 0 Å². The van der Waals surface area contributed by atoms with Crippen molar-refractivity contribution in [1.82, 2.24) is 4.90 Å². The van der Waals surface area contributed by atoms with Crippen LogP contribution in [0.5, 0.6) is 5.75 Å². The van der Waals surface area contributed by atoms with Gasteiger partial charge in [-0.15, -0.1) is 0 Å². The van der Waals surface area contributed by atoms with E-state index in [-0.39, 0.29) is 0 Å². The van der Waals surface area contributed by atoms with Crippen molar-refractivity contribution in [2.45, 2.75) is 25.7 Å². The Morgan fingerprint density at radius 1 is 1.17 bits per heavy atom. The molecule has 1 heterocycles. The summed E-state index contributed by atoms with van der Waals surface area (Å²) >= 11 is 9.34. The molecule has 24 heavy (non-hydrogen) atoms. The molecule has 2 rings (SSSR count). The first kappa shape index (κ1) is 20.7. The van der Waals surface area contributed by atoms with Gasteiger partial charge in [0, 0.05) is 11.6 Å². The maximum absolute atomic E-state index is 9.10. The van der Waals surface area contributed by atoms with E-state index in [1.807, 2.05) is 18.2 Å². The average Bonchev–Trinajstić information content (AvgIpc) is 2.54. The molecule has 1 aliphatic rings. The van der Waals surface area contributed by atoms with Crippen LogP contribution in [0.1, 0.15) is 25.7 Å². The number of piperidine rings is 1. The fourth-order valence-corrected chi connectivity index (χ4v) is 3.04. The Bertz CT molecular complexity index is 537. The number of carboxylic acids is 2. The molecule has 0 radical (unpaired) electrons. The number of halogens is 2. The molecule has 1 aromatic carbocycles. The number of rotatable bonds is 5. The van der Waals surface area contributed by atoms with Gasteiger partial charge in [0.25, 0.3) is 0 Å². The summed E-state index contributed by atoms with van der Waals surface area (Å²) in [5.74, 6) is -2.77. The summed E-state index contributed by atoms with van der Waals surface area (Å²) in [7, 11) is 0. The number of hydrogen-bond acceptors (Lipinski definition) is 4. The number of nitrogens with zero attached hydrogens (tertiary/aromatic N) is 1. The molecule has 1 aromatic rings. The van der Waals surface area contributed by atoms with Crippen molar-refractivity contribution in [1.29, 1.82) is 0 Å². The molecule has 0 saturated carbocycles. The number of benzene rings is 1. The first-order valence-electron chi connectivity index (χ1n) is 7.66. The molecule has 0 unspecified atom stereocenters. The van der Waals surface area contributed by atoms with Crippen LogP contribution in [0, 0.1) is 0 Å². The Morgan fingerprint density at radius 2 is 1.79 bits per heavy atom. The van der Waals surface area contributed by atoms with Crippen LogP contribution in [0.2, 0.25) is 5.02 Å². The molecule has 0 bridgehead atoms. The largest absolute Gasteiger partial charge is 0.492 e. The maximum Gasteiger partial charge on any atom is 0.414 e. The summed E-state index contributed by atoms with van der Waals surface area (Å²) in [5, 5.41) is 15.5. The molecule has 0 atom stereocenters. The Kier molecular flexibility index (Phi) is 9.75. The van der Waals surface area contributed by atoms with Crippen LogP contribution in [0.3, 0.4) is 0 Å². The predicted octanol–water partition coefficient (Wildman–Crippen LogP) is 3.51. The molecule has 2 N–H and O–H groups in total. The second-order valence-electron chi connectivity index (χ2n) is 5.29. The lowest BCUT2D eigenvalue weighted by Crippen LogP contribution is -2.31. The zero-order valence-corrected chi connectivity index (χ0v) is 15.6. The number of hydrogen-bond donors (Lipinski definition) is 2. The molecular formula is C16H21BrClNO5. The van der Waals surface area contributed by atoms with Crippen molar-refractivity contribution in [3.8, 4) is 5.75 Å². The van der Waals surface area contributed by atoms with Gasteiger partial charge in [-0.05, 0) is 66.5 Å². The summed E-state index contributed by atoms with van der Waals surface area (Å²) in [5.41, 5.74) is 0. The fraction of sp³-hybridized carbons (Fsp3) is 0.500. The van der Waals surface area contributed by atoms with Gasteiger partial charge < -0.3 is 19.8 Å². The summed E-state index contributed by atoms with van der Waals surface area (Å²) in [6.07, 6.45) is 5.17. The van der Waals surface area contributed by atoms with Gasteiger partial charge >= 0.3 is 11.9 Å². The van der Waals surface area contributed by atoms with Crippen LogP contribution in [-0.2, 0) is 9.59 Å². The van der Waals surface area contributed by atoms with E-state index in [1.165, 1.54) is 32.4 Å². The van der Waals surface area contributed by atoms with E-state index in [2.05, 4.69) is 20.8 Å². The molecule has 1 saturated heterocycles. The number of carboxylic acid groups (broad SMARTS) is 2. The van der Waals surface area contributed by atoms with Gasteiger partial charge in [0.1, 0.15) is 5.75 Å². The van der Waals surface area contributed by atoms with Gasteiger partial charge in [0.2, 0.25) is 0 Å². The molecule has 0 spiro atoms. The third-order valence-corrected chi connectivity index (χ3v) is 4.26. The monoisotopic (exact) mass is 421 g/mol. The zero-order chi connectivity index (χ0) is 17.9. The highest BCUT2D eigenvalue weighted by Gasteiger charge is 2.09. The molecule has 0 aliphatic carbocycles. The van der Waals surface area contributed by atoms with Crippen LogP contribution in [0.4, 0.5) is 0 Å². The normalized spacial score (nSPS) is 14.4. The highest BCUT2D eigenvalue weighted by atomic mass is 79.9. The van der Waals surface area contributed by atoms with Crippen LogP contribution < -0.4 is 4.74 Å². The van der Waals surface area contributed by atoms with Crippen LogP contribution in [0.25, 0.3) is 0 Å². The Hall–Kier alpha value is -1.31. The molecule has 1 aliphatic heterocycles. The first-order valence-corrected chi connectivity index (χ1v) is 8.83. The first-order chi connectivity index (χ1) is 11.4. The highest BCUT2D eigenvalue weighted by molar-refractivity contribution is 9.10. The lowest BCUT2D eigenvalue weighted by molar-refractivity contribution is -0.159. The van der Waals surface area contributed by atoms with Gasteiger partial charge in [-0.25, -0.2) is 9.59 Å². The van der Waals surface area contributed by atoms with Gasteiger partial charge in [0.05, 0.1) is 11.1 Å². The van der Waals surface area contributed by atoms with Crippen molar-refractivity contribution >= 4 is 39.5 Å². The molecule has 0 amide bonds. The maximum atomic E-state index is 9.10. The molecule has 8 heteroatoms. The molecule has 0 aromatic heterocycles. The van der Waals surface area contributed by atoms with Crippen molar-refractivity contribution in [2.24, 2.45) is 0 Å². The van der Waals surface area contributed by atoms with E-state index in [0.29, 0.717) is 0 Å². The van der Waals surface area contributed by atoms with Crippen molar-refractivity contribution in [3.05, 3.63) is 27.7 Å². The van der Waals surface area contributed by atoms with Crippen LogP contribution >= 0.6 is 27.5 Å². The topological polar surface area (TPSA) is 87.1 Å². The molecule has 1 fully saturated rings. The Labute approximate surface area is 154 Å². The zero-order valence-electron chi connectivity index (χ0n) is 13.2. The molecule has 134 valence electrons. The number of ether oxygens (including phenoxy) is 1. The minimum atomic E-state index is -1.82. The lowest BCUT2D eigenvalue weighted by Gasteiger charge is -2.26. The average molecular weight is 423 g/mol. The van der Waals surface area contributed by atoms with E-state index in [0.717, 1.165) is 34.8 Å². The van der Waals surface area contributed by atoms with E-state index in [4.69, 9.17) is 36.1 Å². The lowest BCUT2D eigenvalue weighted by atomic mass is 10.1. The number of aliphatic carboxylic acids is 2. The second-order valence-corrected chi connectivity index (χ2v) is 6.58. The fourth-order valence-electron chi connectivity index (χ4n) is 2.25. The molecular weight excluding hydrogens is 402 g/mol. The van der Waals surface area contributed by atoms with Gasteiger partial charge in [-0.3, -0.25) is 0 Å². The number of likely N-dealkylation sites (tertiary alicyclic amines) is 1. The minimum absolute atomic E-state index is 0.725. The number of carbonyl (C=O) groups is 2.